The van der Waals surface area contributed by atoms with Crippen LogP contribution in [0.1, 0.15) is 5.56 Å². The Morgan fingerprint density at radius 1 is 1.00 bits per heavy atom. The van der Waals surface area contributed by atoms with Crippen molar-refractivity contribution >= 4 is 15.5 Å². The second kappa shape index (κ2) is 4.11. The number of nitrogen functional groups attached to an aromatic ring is 1. The summed E-state index contributed by atoms with van der Waals surface area (Å²) in [6.45, 7) is 1.83. The van der Waals surface area contributed by atoms with Crippen LogP contribution in [-0.2, 0) is 9.84 Å². The van der Waals surface area contributed by atoms with Gasteiger partial charge in [0.1, 0.15) is 4.90 Å². The Labute approximate surface area is 101 Å². The van der Waals surface area contributed by atoms with Gasteiger partial charge in [-0.05, 0) is 55.0 Å². The number of rotatable bonds is 2. The molecule has 2 N–H and O–H groups in total. The molecule has 2 rings (SSSR count). The molecule has 0 aliphatic heterocycles. The summed E-state index contributed by atoms with van der Waals surface area (Å²) >= 11 is 0. The molecular formula is C13H11NO2S. The molecule has 0 unspecified atom stereocenters. The maximum absolute atomic E-state index is 12.2. The van der Waals surface area contributed by atoms with Gasteiger partial charge in [0, 0.05) is 5.69 Å². The average Bonchev–Trinajstić information content (AvgIpc) is 2.30. The van der Waals surface area contributed by atoms with Gasteiger partial charge in [0.15, 0.2) is 0 Å². The molecule has 86 valence electrons. The van der Waals surface area contributed by atoms with Gasteiger partial charge >= 0.3 is 0 Å². The molecule has 0 saturated heterocycles. The van der Waals surface area contributed by atoms with Gasteiger partial charge < -0.3 is 5.73 Å². The molecule has 0 aromatic heterocycles. The highest BCUT2D eigenvalue weighted by Gasteiger charge is 2.16. The van der Waals surface area contributed by atoms with E-state index in [1.165, 1.54) is 18.2 Å². The van der Waals surface area contributed by atoms with Crippen molar-refractivity contribution in [3.8, 4) is 0 Å². The molecule has 0 spiro atoms. The Hall–Kier alpha value is -1.99. The summed E-state index contributed by atoms with van der Waals surface area (Å²) in [5, 5.41) is 0. The SMILES string of the molecule is Cc1c#cc(S(=O)(=O)c2ccc(N)cc2)cc1. The zero-order chi connectivity index (χ0) is 12.5. The van der Waals surface area contributed by atoms with E-state index in [0.717, 1.165) is 5.56 Å². The van der Waals surface area contributed by atoms with Gasteiger partial charge in [-0.25, -0.2) is 8.42 Å². The van der Waals surface area contributed by atoms with Crippen LogP contribution in [0, 0.1) is 19.1 Å². The van der Waals surface area contributed by atoms with E-state index in [0.29, 0.717) is 5.69 Å². The first-order valence-electron chi connectivity index (χ1n) is 5.01. The quantitative estimate of drug-likeness (QED) is 0.823. The number of benzene rings is 1. The number of sulfone groups is 1. The predicted molar refractivity (Wildman–Crippen MR) is 65.2 cm³/mol. The molecule has 0 aliphatic rings. The molecule has 0 saturated carbocycles. The minimum absolute atomic E-state index is 0.118. The van der Waals surface area contributed by atoms with E-state index < -0.39 is 9.84 Å². The van der Waals surface area contributed by atoms with Crippen molar-refractivity contribution in [1.82, 2.24) is 0 Å². The fourth-order valence-corrected chi connectivity index (χ4v) is 2.56. The Morgan fingerprint density at radius 2 is 1.65 bits per heavy atom. The minimum atomic E-state index is -3.51. The van der Waals surface area contributed by atoms with E-state index in [1.54, 1.807) is 18.2 Å². The second-order valence-electron chi connectivity index (χ2n) is 3.70. The van der Waals surface area contributed by atoms with E-state index >= 15 is 0 Å². The third-order valence-corrected chi connectivity index (χ3v) is 4.06. The molecule has 3 nitrogen and oxygen atoms in total. The minimum Gasteiger partial charge on any atom is -0.399 e. The lowest BCUT2D eigenvalue weighted by atomic mass is 10.3. The number of hydrogen-bond acceptors (Lipinski definition) is 3. The first-order chi connectivity index (χ1) is 8.00. The number of nitrogens with two attached hydrogens (primary N) is 1. The maximum atomic E-state index is 12.2. The third-order valence-electron chi connectivity index (χ3n) is 2.35. The van der Waals surface area contributed by atoms with Crippen molar-refractivity contribution in [3.05, 3.63) is 54.1 Å². The maximum Gasteiger partial charge on any atom is 0.214 e. The summed E-state index contributed by atoms with van der Waals surface area (Å²) in [4.78, 5) is 0.327. The molecular weight excluding hydrogens is 234 g/mol. The molecule has 4 heteroatoms. The number of aryl methyl sites for hydroxylation is 1. The van der Waals surface area contributed by atoms with Gasteiger partial charge in [-0.2, -0.15) is 0 Å². The number of anilines is 1. The molecule has 0 aliphatic carbocycles. The lowest BCUT2D eigenvalue weighted by Gasteiger charge is -2.02. The Balaban J connectivity index is 2.50. The van der Waals surface area contributed by atoms with Gasteiger partial charge in [0.05, 0.1) is 4.90 Å². The zero-order valence-electron chi connectivity index (χ0n) is 9.27. The fourth-order valence-electron chi connectivity index (χ4n) is 1.37. The predicted octanol–water partition coefficient (Wildman–Crippen LogP) is 2.01. The highest BCUT2D eigenvalue weighted by Crippen LogP contribution is 2.20. The molecule has 0 amide bonds. The second-order valence-corrected chi connectivity index (χ2v) is 5.62. The van der Waals surface area contributed by atoms with Crippen molar-refractivity contribution in [3.63, 3.8) is 0 Å². The highest BCUT2D eigenvalue weighted by atomic mass is 32.2. The van der Waals surface area contributed by atoms with E-state index in [4.69, 9.17) is 5.73 Å². The summed E-state index contributed by atoms with van der Waals surface area (Å²) in [6, 6.07) is 14.7. The summed E-state index contributed by atoms with van der Waals surface area (Å²) in [5.74, 6) is 0. The highest BCUT2D eigenvalue weighted by molar-refractivity contribution is 7.91. The van der Waals surface area contributed by atoms with Crippen molar-refractivity contribution in [2.45, 2.75) is 16.7 Å². The topological polar surface area (TPSA) is 60.2 Å². The average molecular weight is 245 g/mol. The van der Waals surface area contributed by atoms with Crippen LogP contribution in [0.15, 0.2) is 46.2 Å². The van der Waals surface area contributed by atoms with Crippen molar-refractivity contribution in [2.75, 3.05) is 5.73 Å². The Kier molecular flexibility index (Phi) is 2.78. The van der Waals surface area contributed by atoms with E-state index in [9.17, 15) is 8.42 Å². The summed E-state index contributed by atoms with van der Waals surface area (Å²) in [5.41, 5.74) is 6.90. The van der Waals surface area contributed by atoms with Gasteiger partial charge in [-0.3, -0.25) is 0 Å². The van der Waals surface area contributed by atoms with Crippen molar-refractivity contribution < 1.29 is 8.42 Å². The standard InChI is InChI=1S/C13H11NO2S/c1-10-2-6-12(7-3-10)17(15,16)13-8-4-11(14)5-9-13/h2,4-6,8-9H,14H2,1H3. The summed E-state index contributed by atoms with van der Waals surface area (Å²) in [6.07, 6.45) is 0. The van der Waals surface area contributed by atoms with E-state index in [-0.39, 0.29) is 9.79 Å². The lowest BCUT2D eigenvalue weighted by Crippen LogP contribution is -2.01. The molecule has 2 aromatic rings. The van der Waals surface area contributed by atoms with E-state index in [1.807, 2.05) is 6.92 Å². The third kappa shape index (κ3) is 2.24. The first kappa shape index (κ1) is 11.5. The zero-order valence-corrected chi connectivity index (χ0v) is 10.1. The largest absolute Gasteiger partial charge is 0.399 e. The van der Waals surface area contributed by atoms with Gasteiger partial charge in [-0.1, -0.05) is 6.07 Å². The van der Waals surface area contributed by atoms with Crippen molar-refractivity contribution in [1.29, 1.82) is 0 Å². The van der Waals surface area contributed by atoms with Crippen LogP contribution in [0.2, 0.25) is 0 Å². The molecule has 0 fully saturated rings. The first-order valence-corrected chi connectivity index (χ1v) is 6.50. The smallest absolute Gasteiger partial charge is 0.214 e. The Bertz CT molecular complexity index is 562. The van der Waals surface area contributed by atoms with Crippen LogP contribution in [-0.4, -0.2) is 8.42 Å². The summed E-state index contributed by atoms with van der Waals surface area (Å²) in [7, 11) is -3.51. The fraction of sp³-hybridized carbons (Fsp3) is 0.0769. The normalized spacial score (nSPS) is 10.9. The van der Waals surface area contributed by atoms with Gasteiger partial charge in [0.2, 0.25) is 9.84 Å². The lowest BCUT2D eigenvalue weighted by molar-refractivity contribution is 0.596. The van der Waals surface area contributed by atoms with Crippen LogP contribution in [0.5, 0.6) is 0 Å². The molecule has 0 atom stereocenters. The van der Waals surface area contributed by atoms with E-state index in [2.05, 4.69) is 12.1 Å². The van der Waals surface area contributed by atoms with Gasteiger partial charge in [-0.15, -0.1) is 0 Å². The Morgan fingerprint density at radius 3 is 2.18 bits per heavy atom. The molecule has 0 bridgehead atoms. The monoisotopic (exact) mass is 245 g/mol. The molecule has 0 heterocycles. The van der Waals surface area contributed by atoms with Crippen LogP contribution in [0.4, 0.5) is 5.69 Å². The molecule has 0 radical (unpaired) electrons. The van der Waals surface area contributed by atoms with Crippen LogP contribution < -0.4 is 5.73 Å². The van der Waals surface area contributed by atoms with Crippen LogP contribution >= 0.6 is 0 Å². The summed E-state index contributed by atoms with van der Waals surface area (Å²) < 4.78 is 24.3. The molecule has 2 aromatic carbocycles. The van der Waals surface area contributed by atoms with Crippen molar-refractivity contribution in [2.24, 2.45) is 0 Å². The van der Waals surface area contributed by atoms with Crippen LogP contribution in [0.3, 0.4) is 0 Å². The van der Waals surface area contributed by atoms with Crippen LogP contribution in [0.25, 0.3) is 0 Å². The molecule has 17 heavy (non-hydrogen) atoms. The number of hydrogen-bond donors (Lipinski definition) is 1. The van der Waals surface area contributed by atoms with Gasteiger partial charge in [0.25, 0.3) is 0 Å².